The largest absolute Gasteiger partial charge is 0.354 e. The fraction of sp³-hybridized carbons (Fsp3) is 0.500. The molecule has 0 aromatic carbocycles. The number of aliphatic imine (C=N–C) groups is 1. The van der Waals surface area contributed by atoms with E-state index >= 15 is 0 Å². The molecule has 0 amide bonds. The second kappa shape index (κ2) is 4.73. The van der Waals surface area contributed by atoms with Crippen molar-refractivity contribution in [2.45, 2.75) is 25.3 Å². The van der Waals surface area contributed by atoms with Crippen molar-refractivity contribution in [1.82, 2.24) is 4.90 Å². The van der Waals surface area contributed by atoms with E-state index in [0.717, 1.165) is 13.0 Å². The molecule has 2 nitrogen and oxygen atoms in total. The summed E-state index contributed by atoms with van der Waals surface area (Å²) in [5, 5.41) is 1.23. The second-order valence-electron chi connectivity index (χ2n) is 4.75. The molecule has 0 N–H and O–H groups in total. The highest BCUT2D eigenvalue weighted by molar-refractivity contribution is 8.14. The van der Waals surface area contributed by atoms with Gasteiger partial charge in [-0.2, -0.15) is 0 Å². The Labute approximate surface area is 107 Å². The zero-order valence-electron chi connectivity index (χ0n) is 10.2. The number of hydrogen-bond donors (Lipinski definition) is 0. The minimum Gasteiger partial charge on any atom is -0.354 e. The highest BCUT2D eigenvalue weighted by Crippen LogP contribution is 2.35. The zero-order valence-corrected chi connectivity index (χ0v) is 11.0. The van der Waals surface area contributed by atoms with Crippen molar-refractivity contribution in [2.75, 3.05) is 19.3 Å². The van der Waals surface area contributed by atoms with Crippen molar-refractivity contribution >= 4 is 16.9 Å². The molecule has 90 valence electrons. The van der Waals surface area contributed by atoms with E-state index in [2.05, 4.69) is 36.3 Å². The van der Waals surface area contributed by atoms with Crippen molar-refractivity contribution in [3.63, 3.8) is 0 Å². The SMILES string of the molecule is CN1CCSC1=NC1CCC2=CCC=CC=C21. The Morgan fingerprint density at radius 1 is 1.47 bits per heavy atom. The van der Waals surface area contributed by atoms with Gasteiger partial charge in [0, 0.05) is 19.3 Å². The Morgan fingerprint density at radius 3 is 3.24 bits per heavy atom. The van der Waals surface area contributed by atoms with Crippen molar-refractivity contribution in [1.29, 1.82) is 0 Å². The van der Waals surface area contributed by atoms with Gasteiger partial charge in [0.1, 0.15) is 0 Å². The second-order valence-corrected chi connectivity index (χ2v) is 5.81. The lowest BCUT2D eigenvalue weighted by Gasteiger charge is -2.13. The maximum Gasteiger partial charge on any atom is 0.159 e. The first-order valence-corrected chi connectivity index (χ1v) is 7.31. The molecular formula is C14H18N2S. The number of rotatable bonds is 1. The Bertz CT molecular complexity index is 432. The van der Waals surface area contributed by atoms with E-state index < -0.39 is 0 Å². The van der Waals surface area contributed by atoms with Crippen LogP contribution in [-0.2, 0) is 0 Å². The quantitative estimate of drug-likeness (QED) is 0.707. The van der Waals surface area contributed by atoms with Gasteiger partial charge < -0.3 is 4.90 Å². The third kappa shape index (κ3) is 2.21. The van der Waals surface area contributed by atoms with Crippen LogP contribution in [0.3, 0.4) is 0 Å². The maximum absolute atomic E-state index is 4.94. The first-order valence-electron chi connectivity index (χ1n) is 6.32. The molecule has 17 heavy (non-hydrogen) atoms. The van der Waals surface area contributed by atoms with Gasteiger partial charge in [0.25, 0.3) is 0 Å². The monoisotopic (exact) mass is 246 g/mol. The predicted molar refractivity (Wildman–Crippen MR) is 75.5 cm³/mol. The summed E-state index contributed by atoms with van der Waals surface area (Å²) in [5.74, 6) is 1.18. The van der Waals surface area contributed by atoms with Gasteiger partial charge in [0.15, 0.2) is 5.17 Å². The topological polar surface area (TPSA) is 15.6 Å². The number of hydrogen-bond acceptors (Lipinski definition) is 2. The van der Waals surface area contributed by atoms with Crippen LogP contribution < -0.4 is 0 Å². The van der Waals surface area contributed by atoms with E-state index in [0.29, 0.717) is 6.04 Å². The highest BCUT2D eigenvalue weighted by atomic mass is 32.2. The summed E-state index contributed by atoms with van der Waals surface area (Å²) in [7, 11) is 2.14. The zero-order chi connectivity index (χ0) is 11.7. The molecule has 3 rings (SSSR count). The average molecular weight is 246 g/mol. The molecule has 0 aromatic rings. The summed E-state index contributed by atoms with van der Waals surface area (Å²) >= 11 is 1.89. The molecule has 1 unspecified atom stereocenters. The molecular weight excluding hydrogens is 228 g/mol. The molecule has 0 radical (unpaired) electrons. The third-order valence-electron chi connectivity index (χ3n) is 3.58. The van der Waals surface area contributed by atoms with Crippen LogP contribution in [0.15, 0.2) is 40.4 Å². The van der Waals surface area contributed by atoms with Gasteiger partial charge in [-0.1, -0.05) is 36.1 Å². The fourth-order valence-electron chi connectivity index (χ4n) is 2.59. The van der Waals surface area contributed by atoms with E-state index in [1.165, 1.54) is 34.9 Å². The molecule has 3 aliphatic rings. The molecule has 2 fully saturated rings. The van der Waals surface area contributed by atoms with Crippen molar-refractivity contribution in [3.05, 3.63) is 35.5 Å². The molecule has 3 heteroatoms. The smallest absolute Gasteiger partial charge is 0.159 e. The van der Waals surface area contributed by atoms with E-state index in [-0.39, 0.29) is 0 Å². The van der Waals surface area contributed by atoms with Gasteiger partial charge in [-0.05, 0) is 30.4 Å². The Morgan fingerprint density at radius 2 is 2.41 bits per heavy atom. The van der Waals surface area contributed by atoms with Gasteiger partial charge in [-0.25, -0.2) is 0 Å². The number of fused-ring (bicyclic) bond motifs is 1. The van der Waals surface area contributed by atoms with Gasteiger partial charge in [0.05, 0.1) is 6.04 Å². The van der Waals surface area contributed by atoms with Gasteiger partial charge in [-0.15, -0.1) is 0 Å². The minimum absolute atomic E-state index is 0.395. The Hall–Kier alpha value is -0.960. The van der Waals surface area contributed by atoms with Crippen LogP contribution in [0.1, 0.15) is 19.3 Å². The van der Waals surface area contributed by atoms with Crippen LogP contribution >= 0.6 is 11.8 Å². The molecule has 1 heterocycles. The number of allylic oxidation sites excluding steroid dienone is 4. The maximum atomic E-state index is 4.94. The van der Waals surface area contributed by atoms with E-state index in [4.69, 9.17) is 4.99 Å². The summed E-state index contributed by atoms with van der Waals surface area (Å²) in [6.45, 7) is 1.14. The third-order valence-corrected chi connectivity index (χ3v) is 4.64. The average Bonchev–Trinajstić information content (AvgIpc) is 2.81. The van der Waals surface area contributed by atoms with Crippen LogP contribution in [0, 0.1) is 0 Å². The summed E-state index contributed by atoms with van der Waals surface area (Å²) < 4.78 is 0. The first-order chi connectivity index (χ1) is 8.34. The van der Waals surface area contributed by atoms with Crippen LogP contribution in [0.2, 0.25) is 0 Å². The van der Waals surface area contributed by atoms with E-state index in [1.54, 1.807) is 0 Å². The molecule has 1 saturated heterocycles. The molecule has 2 aliphatic carbocycles. The van der Waals surface area contributed by atoms with Crippen molar-refractivity contribution < 1.29 is 0 Å². The van der Waals surface area contributed by atoms with Crippen molar-refractivity contribution in [3.8, 4) is 0 Å². The van der Waals surface area contributed by atoms with Gasteiger partial charge in [0.2, 0.25) is 0 Å². The van der Waals surface area contributed by atoms with Crippen LogP contribution in [-0.4, -0.2) is 35.5 Å². The number of thioether (sulfide) groups is 1. The lowest BCUT2D eigenvalue weighted by Crippen LogP contribution is -2.20. The molecule has 0 aromatic heterocycles. The van der Waals surface area contributed by atoms with Crippen LogP contribution in [0.4, 0.5) is 0 Å². The normalized spacial score (nSPS) is 30.3. The van der Waals surface area contributed by atoms with Gasteiger partial charge in [-0.3, -0.25) is 4.99 Å². The summed E-state index contributed by atoms with van der Waals surface area (Å²) in [5.41, 5.74) is 2.97. The van der Waals surface area contributed by atoms with Crippen LogP contribution in [0.5, 0.6) is 0 Å². The molecule has 1 aliphatic heterocycles. The van der Waals surface area contributed by atoms with Crippen molar-refractivity contribution in [2.24, 2.45) is 4.99 Å². The summed E-state index contributed by atoms with van der Waals surface area (Å²) in [4.78, 5) is 7.22. The van der Waals surface area contributed by atoms with Gasteiger partial charge >= 0.3 is 0 Å². The Kier molecular flexibility index (Phi) is 3.10. The lowest BCUT2D eigenvalue weighted by atomic mass is 10.1. The summed E-state index contributed by atoms with van der Waals surface area (Å²) in [6.07, 6.45) is 12.5. The lowest BCUT2D eigenvalue weighted by molar-refractivity contribution is 0.557. The number of amidine groups is 1. The fourth-order valence-corrected chi connectivity index (χ4v) is 3.65. The van der Waals surface area contributed by atoms with E-state index in [1.807, 2.05) is 11.8 Å². The predicted octanol–water partition coefficient (Wildman–Crippen LogP) is 3.00. The molecule has 1 saturated carbocycles. The minimum atomic E-state index is 0.395. The first kappa shape index (κ1) is 11.1. The molecule has 0 spiro atoms. The molecule has 0 bridgehead atoms. The standard InChI is InChI=1S/C14H18N2S/c1-16-9-10-17-14(16)15-13-8-7-11-5-3-2-4-6-12(11)13/h2,4-6,13H,3,7-10H2,1H3. The summed E-state index contributed by atoms with van der Waals surface area (Å²) in [6, 6.07) is 0.395. The Balaban J connectivity index is 1.85. The highest BCUT2D eigenvalue weighted by Gasteiger charge is 2.26. The van der Waals surface area contributed by atoms with E-state index in [9.17, 15) is 0 Å². The van der Waals surface area contributed by atoms with Crippen LogP contribution in [0.25, 0.3) is 0 Å². The molecule has 1 atom stereocenters. The number of nitrogens with zero attached hydrogens (tertiary/aromatic N) is 2.